The molecule has 0 atom stereocenters. The minimum absolute atomic E-state index is 0.0429. The minimum atomic E-state index is -0.165. The molecule has 0 amide bonds. The van der Waals surface area contributed by atoms with Gasteiger partial charge in [-0.15, -0.1) is 0 Å². The number of hydrogen-bond donors (Lipinski definition) is 0. The highest BCUT2D eigenvalue weighted by atomic mass is 35.5. The van der Waals surface area contributed by atoms with E-state index < -0.39 is 0 Å². The lowest BCUT2D eigenvalue weighted by Crippen LogP contribution is -2.19. The van der Waals surface area contributed by atoms with Gasteiger partial charge < -0.3 is 4.74 Å². The number of carbonyl (C=O) groups excluding carboxylic acids is 1. The molecule has 0 bridgehead atoms. The zero-order valence-electron chi connectivity index (χ0n) is 9.92. The molecule has 1 aromatic carbocycles. The van der Waals surface area contributed by atoms with E-state index in [2.05, 4.69) is 18.6 Å². The summed E-state index contributed by atoms with van der Waals surface area (Å²) in [5, 5.41) is 0.729. The largest absolute Gasteiger partial charge is 0.469 e. The van der Waals surface area contributed by atoms with E-state index in [0.717, 1.165) is 11.4 Å². The minimum Gasteiger partial charge on any atom is -0.469 e. The predicted molar refractivity (Wildman–Crippen MR) is 65.7 cm³/mol. The van der Waals surface area contributed by atoms with Crippen LogP contribution in [0.4, 0.5) is 0 Å². The van der Waals surface area contributed by atoms with Crippen LogP contribution in [0.25, 0.3) is 0 Å². The van der Waals surface area contributed by atoms with Crippen LogP contribution in [0.3, 0.4) is 0 Å². The maximum Gasteiger partial charge on any atom is 0.305 e. The van der Waals surface area contributed by atoms with E-state index in [1.165, 1.54) is 12.7 Å². The fourth-order valence-electron chi connectivity index (χ4n) is 1.56. The summed E-state index contributed by atoms with van der Waals surface area (Å²) in [6.45, 7) is 4.22. The third-order valence-electron chi connectivity index (χ3n) is 2.81. The number of carbonyl (C=O) groups is 1. The summed E-state index contributed by atoms with van der Waals surface area (Å²) in [7, 11) is 1.41. The Morgan fingerprint density at radius 3 is 2.38 bits per heavy atom. The maximum absolute atomic E-state index is 11.1. The Balaban J connectivity index is 2.69. The predicted octanol–water partition coefficient (Wildman–Crippen LogP) is 3.57. The lowest BCUT2D eigenvalue weighted by Gasteiger charge is -2.24. The smallest absolute Gasteiger partial charge is 0.305 e. The van der Waals surface area contributed by atoms with Gasteiger partial charge in [-0.1, -0.05) is 37.6 Å². The Hall–Kier alpha value is -1.02. The average Bonchev–Trinajstić information content (AvgIpc) is 2.26. The number of ether oxygens (including phenoxy) is 1. The number of benzene rings is 1. The number of hydrogen-bond acceptors (Lipinski definition) is 2. The first kappa shape index (κ1) is 13.0. The molecule has 0 heterocycles. The Labute approximate surface area is 102 Å². The topological polar surface area (TPSA) is 26.3 Å². The molecule has 0 saturated carbocycles. The third-order valence-corrected chi connectivity index (χ3v) is 3.06. The summed E-state index contributed by atoms with van der Waals surface area (Å²) in [5.74, 6) is -0.165. The second-order valence-corrected chi connectivity index (χ2v) is 4.90. The quantitative estimate of drug-likeness (QED) is 0.752. The summed E-state index contributed by atoms with van der Waals surface area (Å²) in [5.41, 5.74) is 1.14. The summed E-state index contributed by atoms with van der Waals surface area (Å²) >= 11 is 5.84. The first-order chi connectivity index (χ1) is 7.45. The Bertz CT molecular complexity index is 355. The zero-order chi connectivity index (χ0) is 12.2. The number of methoxy groups -OCH3 is 1. The van der Waals surface area contributed by atoms with Crippen molar-refractivity contribution in [2.75, 3.05) is 7.11 Å². The van der Waals surface area contributed by atoms with Crippen molar-refractivity contribution in [1.29, 1.82) is 0 Å². The van der Waals surface area contributed by atoms with Crippen molar-refractivity contribution >= 4 is 17.6 Å². The van der Waals surface area contributed by atoms with Crippen LogP contribution < -0.4 is 0 Å². The fourth-order valence-corrected chi connectivity index (χ4v) is 1.69. The van der Waals surface area contributed by atoms with E-state index >= 15 is 0 Å². The molecule has 0 spiro atoms. The number of halogens is 1. The molecule has 0 N–H and O–H groups in total. The molecule has 0 aliphatic heterocycles. The van der Waals surface area contributed by atoms with Gasteiger partial charge in [0.25, 0.3) is 0 Å². The van der Waals surface area contributed by atoms with Crippen LogP contribution in [0.2, 0.25) is 5.02 Å². The van der Waals surface area contributed by atoms with Crippen LogP contribution in [0.5, 0.6) is 0 Å². The molecule has 0 fully saturated rings. The van der Waals surface area contributed by atoms with Crippen molar-refractivity contribution in [3.8, 4) is 0 Å². The molecule has 88 valence electrons. The highest BCUT2D eigenvalue weighted by Crippen LogP contribution is 2.29. The SMILES string of the molecule is COC(=O)CCC(C)(C)c1ccc(Cl)cc1. The molecule has 0 unspecified atom stereocenters. The van der Waals surface area contributed by atoms with Crippen LogP contribution in [-0.4, -0.2) is 13.1 Å². The van der Waals surface area contributed by atoms with Gasteiger partial charge in [-0.2, -0.15) is 0 Å². The monoisotopic (exact) mass is 240 g/mol. The van der Waals surface area contributed by atoms with Crippen molar-refractivity contribution in [3.05, 3.63) is 34.9 Å². The van der Waals surface area contributed by atoms with Gasteiger partial charge in [0.2, 0.25) is 0 Å². The molecule has 1 rings (SSSR count). The van der Waals surface area contributed by atoms with Gasteiger partial charge in [0.15, 0.2) is 0 Å². The molecule has 2 nitrogen and oxygen atoms in total. The first-order valence-corrected chi connectivity index (χ1v) is 5.66. The summed E-state index contributed by atoms with van der Waals surface area (Å²) in [4.78, 5) is 11.1. The van der Waals surface area contributed by atoms with E-state index in [0.29, 0.717) is 6.42 Å². The van der Waals surface area contributed by atoms with Gasteiger partial charge in [-0.3, -0.25) is 4.79 Å². The lowest BCUT2D eigenvalue weighted by atomic mass is 9.80. The van der Waals surface area contributed by atoms with Gasteiger partial charge in [-0.25, -0.2) is 0 Å². The average molecular weight is 241 g/mol. The van der Waals surface area contributed by atoms with E-state index in [-0.39, 0.29) is 11.4 Å². The van der Waals surface area contributed by atoms with Crippen LogP contribution >= 0.6 is 11.6 Å². The van der Waals surface area contributed by atoms with Crippen LogP contribution in [0, 0.1) is 0 Å². The van der Waals surface area contributed by atoms with Crippen LogP contribution in [0.15, 0.2) is 24.3 Å². The molecule has 1 aromatic rings. The molecule has 16 heavy (non-hydrogen) atoms. The molecular weight excluding hydrogens is 224 g/mol. The normalized spacial score (nSPS) is 11.2. The van der Waals surface area contributed by atoms with Crippen molar-refractivity contribution in [1.82, 2.24) is 0 Å². The molecule has 3 heteroatoms. The molecule has 0 radical (unpaired) electrons. The van der Waals surface area contributed by atoms with Crippen molar-refractivity contribution in [2.45, 2.75) is 32.1 Å². The molecule has 0 aliphatic rings. The first-order valence-electron chi connectivity index (χ1n) is 5.28. The second kappa shape index (κ2) is 5.35. The summed E-state index contributed by atoms with van der Waals surface area (Å²) < 4.78 is 4.64. The Morgan fingerprint density at radius 2 is 1.88 bits per heavy atom. The van der Waals surface area contributed by atoms with Gasteiger partial charge in [0, 0.05) is 11.4 Å². The highest BCUT2D eigenvalue weighted by Gasteiger charge is 2.21. The van der Waals surface area contributed by atoms with Gasteiger partial charge in [0.1, 0.15) is 0 Å². The van der Waals surface area contributed by atoms with E-state index in [9.17, 15) is 4.79 Å². The molecule has 0 saturated heterocycles. The second-order valence-electron chi connectivity index (χ2n) is 4.47. The van der Waals surface area contributed by atoms with Gasteiger partial charge >= 0.3 is 5.97 Å². The van der Waals surface area contributed by atoms with Crippen molar-refractivity contribution < 1.29 is 9.53 Å². The molecule has 0 aromatic heterocycles. The van der Waals surface area contributed by atoms with Gasteiger partial charge in [0.05, 0.1) is 7.11 Å². The fraction of sp³-hybridized carbons (Fsp3) is 0.462. The molecular formula is C13H17ClO2. The maximum atomic E-state index is 11.1. The van der Waals surface area contributed by atoms with Crippen molar-refractivity contribution in [2.24, 2.45) is 0 Å². The lowest BCUT2D eigenvalue weighted by molar-refractivity contribution is -0.141. The van der Waals surface area contributed by atoms with Crippen molar-refractivity contribution in [3.63, 3.8) is 0 Å². The van der Waals surface area contributed by atoms with Crippen LogP contribution in [0.1, 0.15) is 32.3 Å². The van der Waals surface area contributed by atoms with E-state index in [4.69, 9.17) is 11.6 Å². The highest BCUT2D eigenvalue weighted by molar-refractivity contribution is 6.30. The van der Waals surface area contributed by atoms with Crippen LogP contribution in [-0.2, 0) is 14.9 Å². The molecule has 0 aliphatic carbocycles. The number of rotatable bonds is 4. The number of esters is 1. The summed E-state index contributed by atoms with van der Waals surface area (Å²) in [6, 6.07) is 7.74. The third kappa shape index (κ3) is 3.53. The summed E-state index contributed by atoms with van der Waals surface area (Å²) in [6.07, 6.45) is 1.20. The van der Waals surface area contributed by atoms with E-state index in [1.54, 1.807) is 0 Å². The Morgan fingerprint density at radius 1 is 1.31 bits per heavy atom. The zero-order valence-corrected chi connectivity index (χ0v) is 10.7. The Kier molecular flexibility index (Phi) is 4.36. The standard InChI is InChI=1S/C13H17ClO2/c1-13(2,9-8-12(15)16-3)10-4-6-11(14)7-5-10/h4-7H,8-9H2,1-3H3. The van der Waals surface area contributed by atoms with Gasteiger partial charge in [-0.05, 0) is 29.5 Å². The van der Waals surface area contributed by atoms with E-state index in [1.807, 2.05) is 24.3 Å².